The SMILES string of the molecule is CC(=O)Nc1nc(C(=O)OCc2ccc(C#N)cc2)cs1. The standard InChI is InChI=1S/C14H11N3O3S/c1-9(18)16-14-17-12(8-21-14)13(19)20-7-11-4-2-10(6-15)3-5-11/h2-5,8H,7H2,1H3,(H,16,17,18). The summed E-state index contributed by atoms with van der Waals surface area (Å²) in [5, 5.41) is 13.1. The molecule has 0 saturated carbocycles. The van der Waals surface area contributed by atoms with Crippen LogP contribution in [0.3, 0.4) is 0 Å². The molecule has 1 aromatic carbocycles. The van der Waals surface area contributed by atoms with E-state index < -0.39 is 5.97 Å². The first-order valence-electron chi connectivity index (χ1n) is 5.98. The summed E-state index contributed by atoms with van der Waals surface area (Å²) in [6.45, 7) is 1.46. The zero-order valence-electron chi connectivity index (χ0n) is 11.1. The topological polar surface area (TPSA) is 92.1 Å². The Morgan fingerprint density at radius 1 is 1.38 bits per heavy atom. The largest absolute Gasteiger partial charge is 0.456 e. The average molecular weight is 301 g/mol. The van der Waals surface area contributed by atoms with Gasteiger partial charge in [-0.25, -0.2) is 9.78 Å². The Morgan fingerprint density at radius 2 is 2.10 bits per heavy atom. The lowest BCUT2D eigenvalue weighted by molar-refractivity contribution is -0.114. The highest BCUT2D eigenvalue weighted by molar-refractivity contribution is 7.14. The monoisotopic (exact) mass is 301 g/mol. The van der Waals surface area contributed by atoms with Crippen LogP contribution in [0, 0.1) is 11.3 Å². The summed E-state index contributed by atoms with van der Waals surface area (Å²) in [6, 6.07) is 8.76. The Kier molecular flexibility index (Phi) is 4.64. The molecule has 1 aromatic heterocycles. The molecule has 0 aliphatic heterocycles. The number of carbonyl (C=O) groups is 2. The van der Waals surface area contributed by atoms with Crippen molar-refractivity contribution in [1.29, 1.82) is 5.26 Å². The molecule has 0 unspecified atom stereocenters. The molecule has 106 valence electrons. The fourth-order valence-electron chi connectivity index (χ4n) is 1.47. The van der Waals surface area contributed by atoms with Crippen LogP contribution in [0.2, 0.25) is 0 Å². The van der Waals surface area contributed by atoms with Gasteiger partial charge >= 0.3 is 5.97 Å². The fraction of sp³-hybridized carbons (Fsp3) is 0.143. The van der Waals surface area contributed by atoms with Crippen molar-refractivity contribution in [3.05, 3.63) is 46.5 Å². The van der Waals surface area contributed by atoms with Crippen LogP contribution in [0.1, 0.15) is 28.5 Å². The van der Waals surface area contributed by atoms with Crippen molar-refractivity contribution < 1.29 is 14.3 Å². The predicted molar refractivity (Wildman–Crippen MR) is 76.7 cm³/mol. The Labute approximate surface area is 125 Å². The molecule has 0 saturated heterocycles. The van der Waals surface area contributed by atoms with Crippen LogP contribution in [-0.4, -0.2) is 16.9 Å². The van der Waals surface area contributed by atoms with Gasteiger partial charge in [0, 0.05) is 12.3 Å². The molecule has 0 aliphatic carbocycles. The molecule has 0 fully saturated rings. The van der Waals surface area contributed by atoms with Crippen molar-refractivity contribution in [1.82, 2.24) is 4.98 Å². The molecule has 1 heterocycles. The minimum Gasteiger partial charge on any atom is -0.456 e. The second-order valence-corrected chi connectivity index (χ2v) is 4.96. The van der Waals surface area contributed by atoms with Crippen LogP contribution in [0.4, 0.5) is 5.13 Å². The number of anilines is 1. The van der Waals surface area contributed by atoms with Gasteiger partial charge in [0.1, 0.15) is 6.61 Å². The van der Waals surface area contributed by atoms with Crippen LogP contribution in [0.15, 0.2) is 29.6 Å². The van der Waals surface area contributed by atoms with Gasteiger partial charge in [-0.15, -0.1) is 11.3 Å². The van der Waals surface area contributed by atoms with Crippen LogP contribution in [0.25, 0.3) is 0 Å². The molecule has 6 nitrogen and oxygen atoms in total. The van der Waals surface area contributed by atoms with Crippen LogP contribution in [-0.2, 0) is 16.1 Å². The number of amides is 1. The molecule has 0 spiro atoms. The second-order valence-electron chi connectivity index (χ2n) is 4.10. The van der Waals surface area contributed by atoms with Crippen molar-refractivity contribution >= 4 is 28.3 Å². The molecular formula is C14H11N3O3S. The highest BCUT2D eigenvalue weighted by Crippen LogP contribution is 2.16. The van der Waals surface area contributed by atoms with E-state index in [-0.39, 0.29) is 18.2 Å². The molecule has 21 heavy (non-hydrogen) atoms. The number of carbonyl (C=O) groups excluding carboxylic acids is 2. The molecule has 7 heteroatoms. The van der Waals surface area contributed by atoms with E-state index in [4.69, 9.17) is 10.00 Å². The number of ether oxygens (including phenoxy) is 1. The number of benzene rings is 1. The molecule has 0 aliphatic rings. The van der Waals surface area contributed by atoms with Crippen molar-refractivity contribution in [2.45, 2.75) is 13.5 Å². The van der Waals surface area contributed by atoms with Gasteiger partial charge in [0.15, 0.2) is 10.8 Å². The third kappa shape index (κ3) is 4.12. The number of nitrogens with one attached hydrogen (secondary N) is 1. The van der Waals surface area contributed by atoms with Crippen LogP contribution in [0.5, 0.6) is 0 Å². The van der Waals surface area contributed by atoms with Gasteiger partial charge in [-0.2, -0.15) is 5.26 Å². The van der Waals surface area contributed by atoms with Gasteiger partial charge in [0.25, 0.3) is 0 Å². The van der Waals surface area contributed by atoms with E-state index in [0.717, 1.165) is 16.9 Å². The maximum Gasteiger partial charge on any atom is 0.358 e. The zero-order chi connectivity index (χ0) is 15.2. The van der Waals surface area contributed by atoms with E-state index in [0.29, 0.717) is 10.7 Å². The van der Waals surface area contributed by atoms with Crippen molar-refractivity contribution in [2.75, 3.05) is 5.32 Å². The van der Waals surface area contributed by atoms with E-state index in [1.54, 1.807) is 24.3 Å². The zero-order valence-corrected chi connectivity index (χ0v) is 11.9. The van der Waals surface area contributed by atoms with E-state index in [2.05, 4.69) is 10.3 Å². The predicted octanol–water partition coefficient (Wildman–Crippen LogP) is 2.33. The number of hydrogen-bond acceptors (Lipinski definition) is 6. The highest BCUT2D eigenvalue weighted by Gasteiger charge is 2.13. The lowest BCUT2D eigenvalue weighted by atomic mass is 10.2. The van der Waals surface area contributed by atoms with Crippen LogP contribution < -0.4 is 5.32 Å². The van der Waals surface area contributed by atoms with E-state index in [1.807, 2.05) is 6.07 Å². The maximum absolute atomic E-state index is 11.8. The summed E-state index contributed by atoms with van der Waals surface area (Å²) in [5.41, 5.74) is 1.47. The van der Waals surface area contributed by atoms with Crippen molar-refractivity contribution in [2.24, 2.45) is 0 Å². The fourth-order valence-corrected chi connectivity index (χ4v) is 2.20. The Morgan fingerprint density at radius 3 is 2.71 bits per heavy atom. The molecule has 1 amide bonds. The first-order valence-corrected chi connectivity index (χ1v) is 6.85. The third-order valence-electron chi connectivity index (χ3n) is 2.45. The molecule has 2 aromatic rings. The number of rotatable bonds is 4. The summed E-state index contributed by atoms with van der Waals surface area (Å²) in [5.74, 6) is -0.811. The summed E-state index contributed by atoms with van der Waals surface area (Å²) in [6.07, 6.45) is 0. The van der Waals surface area contributed by atoms with E-state index in [9.17, 15) is 9.59 Å². The Hall–Kier alpha value is -2.72. The lowest BCUT2D eigenvalue weighted by Crippen LogP contribution is -2.08. The molecule has 2 rings (SSSR count). The summed E-state index contributed by atoms with van der Waals surface area (Å²) >= 11 is 1.15. The molecular weight excluding hydrogens is 290 g/mol. The minimum atomic E-state index is -0.563. The summed E-state index contributed by atoms with van der Waals surface area (Å²) in [7, 11) is 0. The average Bonchev–Trinajstić information content (AvgIpc) is 2.93. The summed E-state index contributed by atoms with van der Waals surface area (Å²) in [4.78, 5) is 26.6. The number of nitrogens with zero attached hydrogens (tertiary/aromatic N) is 2. The van der Waals surface area contributed by atoms with Gasteiger partial charge in [0.2, 0.25) is 5.91 Å². The van der Waals surface area contributed by atoms with Crippen molar-refractivity contribution in [3.63, 3.8) is 0 Å². The quantitative estimate of drug-likeness (QED) is 0.875. The van der Waals surface area contributed by atoms with Gasteiger partial charge in [-0.1, -0.05) is 12.1 Å². The van der Waals surface area contributed by atoms with E-state index in [1.165, 1.54) is 12.3 Å². The lowest BCUT2D eigenvalue weighted by Gasteiger charge is -2.03. The molecule has 0 atom stereocenters. The third-order valence-corrected chi connectivity index (χ3v) is 3.21. The van der Waals surface area contributed by atoms with Gasteiger partial charge in [0.05, 0.1) is 11.6 Å². The first kappa shape index (κ1) is 14.7. The minimum absolute atomic E-state index is 0.0948. The van der Waals surface area contributed by atoms with Crippen molar-refractivity contribution in [3.8, 4) is 6.07 Å². The summed E-state index contributed by atoms with van der Waals surface area (Å²) < 4.78 is 5.12. The van der Waals surface area contributed by atoms with Gasteiger partial charge in [-0.05, 0) is 17.7 Å². The second kappa shape index (κ2) is 6.63. The molecule has 0 bridgehead atoms. The normalized spacial score (nSPS) is 9.71. The Balaban J connectivity index is 1.93. The number of nitriles is 1. The number of thiazole rings is 1. The molecule has 0 radical (unpaired) electrons. The Bertz CT molecular complexity index is 701. The van der Waals surface area contributed by atoms with Crippen LogP contribution >= 0.6 is 11.3 Å². The number of aromatic nitrogens is 1. The van der Waals surface area contributed by atoms with Gasteiger partial charge in [-0.3, -0.25) is 4.79 Å². The van der Waals surface area contributed by atoms with Gasteiger partial charge < -0.3 is 10.1 Å². The first-order chi connectivity index (χ1) is 10.1. The number of hydrogen-bond donors (Lipinski definition) is 1. The molecule has 1 N–H and O–H groups in total. The highest BCUT2D eigenvalue weighted by atomic mass is 32.1. The smallest absolute Gasteiger partial charge is 0.358 e. The van der Waals surface area contributed by atoms with E-state index >= 15 is 0 Å². The maximum atomic E-state index is 11.8. The number of esters is 1.